The first-order chi connectivity index (χ1) is 7.19. The van der Waals surface area contributed by atoms with Crippen molar-refractivity contribution in [3.8, 4) is 18.1 Å². The highest BCUT2D eigenvalue weighted by Crippen LogP contribution is 2.26. The van der Waals surface area contributed by atoms with Gasteiger partial charge in [-0.05, 0) is 12.5 Å². The van der Waals surface area contributed by atoms with Crippen molar-refractivity contribution in [1.29, 1.82) is 0 Å². The molecule has 0 aliphatic carbocycles. The molecule has 0 aromatic heterocycles. The highest BCUT2D eigenvalue weighted by atomic mass is 35.5. The number of nitrogens with one attached hydrogen (secondary N) is 1. The molecule has 0 aliphatic heterocycles. The Balaban J connectivity index is 2.66. The van der Waals surface area contributed by atoms with Gasteiger partial charge in [0.2, 0.25) is 0 Å². The molecule has 1 unspecified atom stereocenters. The molecule has 15 heavy (non-hydrogen) atoms. The van der Waals surface area contributed by atoms with E-state index in [0.717, 1.165) is 12.0 Å². The van der Waals surface area contributed by atoms with Crippen molar-refractivity contribution < 1.29 is 5.11 Å². The van der Waals surface area contributed by atoms with Gasteiger partial charge in [0, 0.05) is 12.1 Å². The minimum absolute atomic E-state index is 0.0309. The summed E-state index contributed by atoms with van der Waals surface area (Å²) in [4.78, 5) is 0. The minimum atomic E-state index is 0.0309. The van der Waals surface area contributed by atoms with Crippen molar-refractivity contribution >= 4 is 11.6 Å². The molecule has 2 nitrogen and oxygen atoms in total. The van der Waals surface area contributed by atoms with Crippen LogP contribution in [0.1, 0.15) is 18.9 Å². The summed E-state index contributed by atoms with van der Waals surface area (Å²) in [5.41, 5.74) is 0.760. The fraction of sp³-hybridized carbons (Fsp3) is 0.333. The van der Waals surface area contributed by atoms with E-state index in [1.807, 2.05) is 13.0 Å². The summed E-state index contributed by atoms with van der Waals surface area (Å²) >= 11 is 5.78. The number of rotatable bonds is 4. The molecular weight excluding hydrogens is 210 g/mol. The van der Waals surface area contributed by atoms with Crippen molar-refractivity contribution in [3.63, 3.8) is 0 Å². The highest BCUT2D eigenvalue weighted by molar-refractivity contribution is 6.32. The number of benzene rings is 1. The summed E-state index contributed by atoms with van der Waals surface area (Å²) in [5, 5.41) is 13.1. The second-order valence-corrected chi connectivity index (χ2v) is 3.66. The van der Waals surface area contributed by atoms with E-state index >= 15 is 0 Å². The Morgan fingerprint density at radius 3 is 2.93 bits per heavy atom. The number of halogens is 1. The van der Waals surface area contributed by atoms with E-state index in [1.165, 1.54) is 0 Å². The van der Waals surface area contributed by atoms with Crippen LogP contribution in [0.15, 0.2) is 18.2 Å². The lowest BCUT2D eigenvalue weighted by atomic mass is 10.1. The van der Waals surface area contributed by atoms with E-state index in [2.05, 4.69) is 11.2 Å². The van der Waals surface area contributed by atoms with Crippen LogP contribution in [0.3, 0.4) is 0 Å². The first-order valence-corrected chi connectivity index (χ1v) is 5.22. The van der Waals surface area contributed by atoms with Crippen LogP contribution in [-0.2, 0) is 6.54 Å². The molecule has 3 heteroatoms. The fourth-order valence-corrected chi connectivity index (χ4v) is 1.45. The van der Waals surface area contributed by atoms with Crippen molar-refractivity contribution in [2.45, 2.75) is 25.9 Å². The Bertz CT molecular complexity index is 370. The van der Waals surface area contributed by atoms with Gasteiger partial charge in [-0.3, -0.25) is 5.32 Å². The zero-order chi connectivity index (χ0) is 11.3. The molecule has 0 saturated carbocycles. The third-order valence-corrected chi connectivity index (χ3v) is 2.52. The predicted molar refractivity (Wildman–Crippen MR) is 62.9 cm³/mol. The number of hydrogen-bond acceptors (Lipinski definition) is 2. The monoisotopic (exact) mass is 223 g/mol. The average Bonchev–Trinajstić information content (AvgIpc) is 2.25. The van der Waals surface area contributed by atoms with Gasteiger partial charge in [0.05, 0.1) is 11.1 Å². The number of aromatic hydroxyl groups is 1. The largest absolute Gasteiger partial charge is 0.506 e. The van der Waals surface area contributed by atoms with Gasteiger partial charge in [0.15, 0.2) is 0 Å². The molecule has 0 saturated heterocycles. The number of phenolic OH excluding ortho intramolecular Hbond substituents is 1. The van der Waals surface area contributed by atoms with Crippen LogP contribution >= 0.6 is 11.6 Å². The van der Waals surface area contributed by atoms with Crippen LogP contribution in [0.4, 0.5) is 0 Å². The smallest absolute Gasteiger partial charge is 0.138 e. The average molecular weight is 224 g/mol. The zero-order valence-corrected chi connectivity index (χ0v) is 9.38. The number of terminal acetylenes is 1. The summed E-state index contributed by atoms with van der Waals surface area (Å²) in [6, 6.07) is 5.30. The molecular formula is C12H14ClNO. The quantitative estimate of drug-likeness (QED) is 0.769. The van der Waals surface area contributed by atoms with E-state index in [-0.39, 0.29) is 11.8 Å². The third kappa shape index (κ3) is 3.16. The Kier molecular flexibility index (Phi) is 4.48. The van der Waals surface area contributed by atoms with E-state index < -0.39 is 0 Å². The van der Waals surface area contributed by atoms with Crippen LogP contribution in [0.25, 0.3) is 0 Å². The molecule has 0 amide bonds. The minimum Gasteiger partial charge on any atom is -0.506 e. The van der Waals surface area contributed by atoms with Gasteiger partial charge >= 0.3 is 0 Å². The van der Waals surface area contributed by atoms with Crippen molar-refractivity contribution in [1.82, 2.24) is 5.32 Å². The summed E-state index contributed by atoms with van der Waals surface area (Å²) in [7, 11) is 0. The van der Waals surface area contributed by atoms with Gasteiger partial charge in [-0.15, -0.1) is 6.42 Å². The van der Waals surface area contributed by atoms with E-state index in [4.69, 9.17) is 18.0 Å². The number of para-hydroxylation sites is 1. The number of hydrogen-bond donors (Lipinski definition) is 2. The summed E-state index contributed by atoms with van der Waals surface area (Å²) in [5.74, 6) is 2.75. The molecule has 80 valence electrons. The Morgan fingerprint density at radius 2 is 2.33 bits per heavy atom. The molecule has 1 aromatic carbocycles. The van der Waals surface area contributed by atoms with Crippen LogP contribution in [0.5, 0.6) is 5.75 Å². The molecule has 0 spiro atoms. The first kappa shape index (κ1) is 11.9. The first-order valence-electron chi connectivity index (χ1n) is 4.85. The lowest BCUT2D eigenvalue weighted by Crippen LogP contribution is -2.26. The van der Waals surface area contributed by atoms with Gasteiger partial charge in [0.1, 0.15) is 5.75 Å². The maximum Gasteiger partial charge on any atom is 0.138 e. The van der Waals surface area contributed by atoms with Gasteiger partial charge < -0.3 is 5.11 Å². The standard InChI is InChI=1S/C12H14ClNO/c1-3-10(4-2)14-8-9-6-5-7-11(13)12(9)15/h1,5-7,10,14-15H,4,8H2,2H3. The van der Waals surface area contributed by atoms with Gasteiger partial charge in [-0.1, -0.05) is 36.6 Å². The highest BCUT2D eigenvalue weighted by Gasteiger charge is 2.06. The Hall–Kier alpha value is -1.17. The SMILES string of the molecule is C#CC(CC)NCc1cccc(Cl)c1O. The lowest BCUT2D eigenvalue weighted by molar-refractivity contribution is 0.462. The molecule has 0 bridgehead atoms. The van der Waals surface area contributed by atoms with Gasteiger partial charge in [0.25, 0.3) is 0 Å². The second kappa shape index (κ2) is 5.65. The lowest BCUT2D eigenvalue weighted by Gasteiger charge is -2.11. The number of phenols is 1. The summed E-state index contributed by atoms with van der Waals surface area (Å²) in [6.07, 6.45) is 6.17. The molecule has 1 atom stereocenters. The Labute approximate surface area is 95.3 Å². The van der Waals surface area contributed by atoms with Crippen molar-refractivity contribution in [2.75, 3.05) is 0 Å². The van der Waals surface area contributed by atoms with Crippen LogP contribution in [0, 0.1) is 12.3 Å². The molecule has 0 aliphatic rings. The molecule has 1 rings (SSSR count). The zero-order valence-electron chi connectivity index (χ0n) is 8.63. The summed E-state index contributed by atoms with van der Waals surface area (Å²) < 4.78 is 0. The maximum absolute atomic E-state index is 9.63. The molecule has 0 radical (unpaired) electrons. The van der Waals surface area contributed by atoms with Crippen LogP contribution in [-0.4, -0.2) is 11.1 Å². The van der Waals surface area contributed by atoms with Gasteiger partial charge in [-0.2, -0.15) is 0 Å². The third-order valence-electron chi connectivity index (χ3n) is 2.22. The summed E-state index contributed by atoms with van der Waals surface area (Å²) in [6.45, 7) is 2.53. The van der Waals surface area contributed by atoms with Crippen molar-refractivity contribution in [3.05, 3.63) is 28.8 Å². The maximum atomic E-state index is 9.63. The van der Waals surface area contributed by atoms with Crippen molar-refractivity contribution in [2.24, 2.45) is 0 Å². The van der Waals surface area contributed by atoms with E-state index in [9.17, 15) is 5.11 Å². The predicted octanol–water partition coefficient (Wildman–Crippen LogP) is 2.55. The second-order valence-electron chi connectivity index (χ2n) is 3.26. The van der Waals surface area contributed by atoms with Crippen LogP contribution in [0.2, 0.25) is 5.02 Å². The van der Waals surface area contributed by atoms with E-state index in [1.54, 1.807) is 12.1 Å². The Morgan fingerprint density at radius 1 is 1.60 bits per heavy atom. The molecule has 0 fully saturated rings. The fourth-order valence-electron chi connectivity index (χ4n) is 1.26. The normalized spacial score (nSPS) is 12.1. The molecule has 0 heterocycles. The van der Waals surface area contributed by atoms with Gasteiger partial charge in [-0.25, -0.2) is 0 Å². The topological polar surface area (TPSA) is 32.3 Å². The van der Waals surface area contributed by atoms with Crippen LogP contribution < -0.4 is 5.32 Å². The van der Waals surface area contributed by atoms with E-state index in [0.29, 0.717) is 11.6 Å². The molecule has 1 aromatic rings. The molecule has 2 N–H and O–H groups in total.